The minimum Gasteiger partial charge on any atom is -0.493 e. The van der Waals surface area contributed by atoms with Crippen LogP contribution in [0.5, 0.6) is 11.5 Å². The number of para-hydroxylation sites is 1. The number of nitrogens with zero attached hydrogens (tertiary/aromatic N) is 1. The molecule has 0 atom stereocenters. The van der Waals surface area contributed by atoms with Gasteiger partial charge in [-0.25, -0.2) is 0 Å². The molecule has 1 saturated heterocycles. The van der Waals surface area contributed by atoms with E-state index in [2.05, 4.69) is 5.32 Å². The van der Waals surface area contributed by atoms with Crippen LogP contribution < -0.4 is 14.8 Å². The highest BCUT2D eigenvalue weighted by molar-refractivity contribution is 8.18. The maximum Gasteiger partial charge on any atom is 0.293 e. The van der Waals surface area contributed by atoms with Gasteiger partial charge in [-0.1, -0.05) is 24.3 Å². The number of carbonyl (C=O) groups is 3. The van der Waals surface area contributed by atoms with Crippen molar-refractivity contribution in [1.82, 2.24) is 4.90 Å². The average molecular weight is 426 g/mol. The molecular formula is C22H22N2O5S. The lowest BCUT2D eigenvalue weighted by Gasteiger charge is -2.13. The summed E-state index contributed by atoms with van der Waals surface area (Å²) in [6.45, 7) is 1.91. The molecule has 3 amide bonds. The minimum atomic E-state index is -0.413. The van der Waals surface area contributed by atoms with Crippen LogP contribution >= 0.6 is 11.8 Å². The summed E-state index contributed by atoms with van der Waals surface area (Å²) in [4.78, 5) is 38.6. The van der Waals surface area contributed by atoms with E-state index in [0.29, 0.717) is 27.7 Å². The predicted octanol–water partition coefficient (Wildman–Crippen LogP) is 4.08. The molecule has 30 heavy (non-hydrogen) atoms. The molecule has 7 nitrogen and oxygen atoms in total. The molecule has 0 aromatic heterocycles. The third-order valence-corrected chi connectivity index (χ3v) is 5.47. The molecule has 2 aromatic rings. The van der Waals surface area contributed by atoms with Gasteiger partial charge >= 0.3 is 0 Å². The zero-order valence-electron chi connectivity index (χ0n) is 16.9. The van der Waals surface area contributed by atoms with Gasteiger partial charge < -0.3 is 14.8 Å². The smallest absolute Gasteiger partial charge is 0.293 e. The Morgan fingerprint density at radius 3 is 2.53 bits per heavy atom. The van der Waals surface area contributed by atoms with E-state index in [0.717, 1.165) is 22.2 Å². The highest BCUT2D eigenvalue weighted by Crippen LogP contribution is 2.34. The Hall–Kier alpha value is -3.26. The van der Waals surface area contributed by atoms with Crippen molar-refractivity contribution in [2.24, 2.45) is 0 Å². The number of benzene rings is 2. The summed E-state index contributed by atoms with van der Waals surface area (Å²) in [5, 5.41) is 2.41. The van der Waals surface area contributed by atoms with Gasteiger partial charge in [0.25, 0.3) is 11.1 Å². The third kappa shape index (κ3) is 4.83. The molecule has 1 aliphatic heterocycles. The van der Waals surface area contributed by atoms with Crippen LogP contribution in [0.15, 0.2) is 47.4 Å². The summed E-state index contributed by atoms with van der Waals surface area (Å²) in [7, 11) is 3.07. The Bertz CT molecular complexity index is 1020. The first-order valence-electron chi connectivity index (χ1n) is 9.26. The van der Waals surface area contributed by atoms with Crippen molar-refractivity contribution in [1.29, 1.82) is 0 Å². The zero-order chi connectivity index (χ0) is 21.7. The molecule has 1 heterocycles. The first-order valence-corrected chi connectivity index (χ1v) is 10.1. The minimum absolute atomic E-state index is 0.0195. The average Bonchev–Trinajstić information content (AvgIpc) is 3.00. The van der Waals surface area contributed by atoms with Gasteiger partial charge in [0.15, 0.2) is 11.5 Å². The topological polar surface area (TPSA) is 84.9 Å². The molecule has 156 valence electrons. The SMILES string of the molecule is COc1ccc(/C=C2\SC(=O)N(CCC(=O)Nc3ccccc3C)C2=O)cc1OC. The molecular weight excluding hydrogens is 404 g/mol. The number of carbonyl (C=O) groups excluding carboxylic acids is 3. The number of hydrogen-bond donors (Lipinski definition) is 1. The number of aryl methyl sites for hydroxylation is 1. The number of hydrogen-bond acceptors (Lipinski definition) is 6. The highest BCUT2D eigenvalue weighted by Gasteiger charge is 2.35. The lowest BCUT2D eigenvalue weighted by atomic mass is 10.2. The Morgan fingerprint density at radius 1 is 1.10 bits per heavy atom. The summed E-state index contributed by atoms with van der Waals surface area (Å²) in [6, 6.07) is 12.6. The summed E-state index contributed by atoms with van der Waals surface area (Å²) in [6.07, 6.45) is 1.65. The largest absolute Gasteiger partial charge is 0.493 e. The molecule has 0 bridgehead atoms. The van der Waals surface area contributed by atoms with E-state index in [1.54, 1.807) is 30.3 Å². The zero-order valence-corrected chi connectivity index (χ0v) is 17.7. The van der Waals surface area contributed by atoms with Crippen molar-refractivity contribution in [3.63, 3.8) is 0 Å². The van der Waals surface area contributed by atoms with Gasteiger partial charge in [-0.3, -0.25) is 19.3 Å². The Balaban J connectivity index is 1.65. The second-order valence-corrected chi connectivity index (χ2v) is 7.55. The van der Waals surface area contributed by atoms with Gasteiger partial charge in [-0.05, 0) is 54.1 Å². The van der Waals surface area contributed by atoms with Gasteiger partial charge in [0.2, 0.25) is 5.91 Å². The first-order chi connectivity index (χ1) is 14.4. The van der Waals surface area contributed by atoms with Gasteiger partial charge in [0.05, 0.1) is 19.1 Å². The molecule has 1 aliphatic rings. The molecule has 1 N–H and O–H groups in total. The lowest BCUT2D eigenvalue weighted by molar-refractivity contribution is -0.123. The number of ether oxygens (including phenoxy) is 2. The van der Waals surface area contributed by atoms with Gasteiger partial charge in [-0.15, -0.1) is 0 Å². The second kappa shape index (κ2) is 9.49. The summed E-state index contributed by atoms with van der Waals surface area (Å²) in [5.74, 6) is 0.427. The Morgan fingerprint density at radius 2 is 1.83 bits per heavy atom. The normalized spacial score (nSPS) is 14.9. The number of anilines is 1. The molecule has 0 aliphatic carbocycles. The molecule has 0 unspecified atom stereocenters. The second-order valence-electron chi connectivity index (χ2n) is 6.56. The van der Waals surface area contributed by atoms with E-state index >= 15 is 0 Å². The maximum atomic E-state index is 12.7. The molecule has 0 saturated carbocycles. The fraction of sp³-hybridized carbons (Fsp3) is 0.227. The fourth-order valence-electron chi connectivity index (χ4n) is 2.93. The summed E-state index contributed by atoms with van der Waals surface area (Å²) >= 11 is 0.853. The van der Waals surface area contributed by atoms with Crippen molar-refractivity contribution < 1.29 is 23.9 Å². The van der Waals surface area contributed by atoms with Crippen LogP contribution in [0.2, 0.25) is 0 Å². The van der Waals surface area contributed by atoms with Crippen LogP contribution in [0.4, 0.5) is 10.5 Å². The monoisotopic (exact) mass is 426 g/mol. The third-order valence-electron chi connectivity index (χ3n) is 4.56. The number of amides is 3. The molecule has 3 rings (SSSR count). The first kappa shape index (κ1) is 21.4. The van der Waals surface area contributed by atoms with Crippen molar-refractivity contribution in [2.45, 2.75) is 13.3 Å². The quantitative estimate of drug-likeness (QED) is 0.672. The van der Waals surface area contributed by atoms with Crippen molar-refractivity contribution >= 4 is 40.6 Å². The molecule has 2 aromatic carbocycles. The van der Waals surface area contributed by atoms with Crippen LogP contribution in [-0.2, 0) is 9.59 Å². The van der Waals surface area contributed by atoms with E-state index in [4.69, 9.17) is 9.47 Å². The van der Waals surface area contributed by atoms with Crippen molar-refractivity contribution in [2.75, 3.05) is 26.1 Å². The van der Waals surface area contributed by atoms with Gasteiger partial charge in [-0.2, -0.15) is 0 Å². The molecule has 0 spiro atoms. The highest BCUT2D eigenvalue weighted by atomic mass is 32.2. The lowest BCUT2D eigenvalue weighted by Crippen LogP contribution is -2.31. The van der Waals surface area contributed by atoms with Crippen molar-refractivity contribution in [3.8, 4) is 11.5 Å². The molecule has 8 heteroatoms. The molecule has 1 fully saturated rings. The van der Waals surface area contributed by atoms with E-state index < -0.39 is 11.1 Å². The van der Waals surface area contributed by atoms with Crippen molar-refractivity contribution in [3.05, 3.63) is 58.5 Å². The van der Waals surface area contributed by atoms with E-state index in [9.17, 15) is 14.4 Å². The summed E-state index contributed by atoms with van der Waals surface area (Å²) in [5.41, 5.74) is 2.36. The molecule has 0 radical (unpaired) electrons. The van der Waals surface area contributed by atoms with Gasteiger partial charge in [0, 0.05) is 18.7 Å². The van der Waals surface area contributed by atoms with E-state index in [-0.39, 0.29) is 18.9 Å². The fourth-order valence-corrected chi connectivity index (χ4v) is 3.79. The predicted molar refractivity (Wildman–Crippen MR) is 117 cm³/mol. The Kier molecular flexibility index (Phi) is 6.79. The number of nitrogens with one attached hydrogen (secondary N) is 1. The standard InChI is InChI=1S/C22H22N2O5S/c1-14-6-4-5-7-16(14)23-20(25)10-11-24-21(26)19(30-22(24)27)13-15-8-9-17(28-2)18(12-15)29-3/h4-9,12-13H,10-11H2,1-3H3,(H,23,25)/b19-13-. The van der Waals surface area contributed by atoms with Crippen LogP contribution in [0.1, 0.15) is 17.5 Å². The van der Waals surface area contributed by atoms with Gasteiger partial charge in [0.1, 0.15) is 0 Å². The maximum absolute atomic E-state index is 12.7. The van der Waals surface area contributed by atoms with E-state index in [1.165, 1.54) is 14.2 Å². The number of methoxy groups -OCH3 is 2. The number of thioether (sulfide) groups is 1. The van der Waals surface area contributed by atoms with Crippen LogP contribution in [0.25, 0.3) is 6.08 Å². The Labute approximate surface area is 179 Å². The van der Waals surface area contributed by atoms with E-state index in [1.807, 2.05) is 25.1 Å². The van der Waals surface area contributed by atoms with Crippen LogP contribution in [0.3, 0.4) is 0 Å². The number of imide groups is 1. The van der Waals surface area contributed by atoms with Crippen LogP contribution in [-0.4, -0.2) is 42.7 Å². The number of rotatable bonds is 7. The van der Waals surface area contributed by atoms with Crippen LogP contribution in [0, 0.1) is 6.92 Å². The summed E-state index contributed by atoms with van der Waals surface area (Å²) < 4.78 is 10.5.